The lowest BCUT2D eigenvalue weighted by Crippen LogP contribution is -2.50. The van der Waals surface area contributed by atoms with Gasteiger partial charge in [0.1, 0.15) is 0 Å². The quantitative estimate of drug-likeness (QED) is 0.882. The highest BCUT2D eigenvalue weighted by molar-refractivity contribution is 7.84. The first-order valence-electron chi connectivity index (χ1n) is 9.29. The zero-order chi connectivity index (χ0) is 17.3. The van der Waals surface area contributed by atoms with Gasteiger partial charge in [-0.1, -0.05) is 30.3 Å². The van der Waals surface area contributed by atoms with Gasteiger partial charge >= 0.3 is 0 Å². The molecular weight excluding hydrogens is 316 g/mol. The SMILES string of the molecule is C[C@H](NS(=O)C(C)(C)C)C1[C@@H]2CC[C@H]1CN(Cc1ccccc1)C2. The van der Waals surface area contributed by atoms with Gasteiger partial charge in [0.05, 0.1) is 15.7 Å². The van der Waals surface area contributed by atoms with E-state index >= 15 is 0 Å². The van der Waals surface area contributed by atoms with Gasteiger partial charge in [-0.3, -0.25) is 4.90 Å². The highest BCUT2D eigenvalue weighted by atomic mass is 32.2. The maximum absolute atomic E-state index is 12.4. The van der Waals surface area contributed by atoms with E-state index in [1.165, 1.54) is 31.5 Å². The van der Waals surface area contributed by atoms with Crippen LogP contribution >= 0.6 is 0 Å². The van der Waals surface area contributed by atoms with Crippen LogP contribution in [0.15, 0.2) is 30.3 Å². The Kier molecular flexibility index (Phi) is 5.48. The molecule has 1 aromatic carbocycles. The second kappa shape index (κ2) is 7.27. The Labute approximate surface area is 149 Å². The molecule has 0 spiro atoms. The normalized spacial score (nSPS) is 30.2. The minimum atomic E-state index is -0.975. The maximum atomic E-state index is 12.4. The number of likely N-dealkylation sites (tertiary alicyclic amines) is 1. The van der Waals surface area contributed by atoms with Crippen LogP contribution < -0.4 is 4.72 Å². The molecule has 1 saturated heterocycles. The summed E-state index contributed by atoms with van der Waals surface area (Å²) in [6.07, 6.45) is 2.66. The monoisotopic (exact) mass is 348 g/mol. The molecule has 134 valence electrons. The zero-order valence-corrected chi connectivity index (χ0v) is 16.3. The van der Waals surface area contributed by atoms with Crippen molar-refractivity contribution in [1.82, 2.24) is 9.62 Å². The predicted octanol–water partition coefficient (Wildman–Crippen LogP) is 3.58. The lowest BCUT2D eigenvalue weighted by molar-refractivity contribution is 0.0880. The third-order valence-electron chi connectivity index (χ3n) is 5.66. The fraction of sp³-hybridized carbons (Fsp3) is 0.700. The highest BCUT2D eigenvalue weighted by Crippen LogP contribution is 2.44. The molecule has 2 unspecified atom stereocenters. The molecule has 1 aromatic rings. The van der Waals surface area contributed by atoms with Crippen molar-refractivity contribution >= 4 is 11.0 Å². The van der Waals surface area contributed by atoms with Crippen molar-refractivity contribution in [2.24, 2.45) is 17.8 Å². The average Bonchev–Trinajstić information content (AvgIpc) is 2.79. The van der Waals surface area contributed by atoms with Gasteiger partial charge in [-0.05, 0) is 63.9 Å². The number of hydrogen-bond acceptors (Lipinski definition) is 2. The standard InChI is InChI=1S/C20H32N2OS/c1-15(21-24(23)20(2,3)4)19-17-10-11-18(19)14-22(13-17)12-16-8-6-5-7-9-16/h5-9,15,17-19,21H,10-14H2,1-4H3/t15-,17-,18+,19?,24?/m0/s1. The molecule has 5 atom stereocenters. The molecule has 0 radical (unpaired) electrons. The molecule has 1 saturated carbocycles. The first-order valence-corrected chi connectivity index (χ1v) is 10.4. The van der Waals surface area contributed by atoms with Crippen molar-refractivity contribution in [2.45, 2.75) is 57.9 Å². The van der Waals surface area contributed by atoms with E-state index in [2.05, 4.69) is 46.9 Å². The topological polar surface area (TPSA) is 32.3 Å². The van der Waals surface area contributed by atoms with Crippen molar-refractivity contribution in [3.63, 3.8) is 0 Å². The van der Waals surface area contributed by atoms with E-state index in [0.717, 1.165) is 18.4 Å². The van der Waals surface area contributed by atoms with Gasteiger partial charge in [0.15, 0.2) is 0 Å². The molecule has 1 aliphatic carbocycles. The number of fused-ring (bicyclic) bond motifs is 2. The molecule has 1 N–H and O–H groups in total. The number of rotatable bonds is 5. The van der Waals surface area contributed by atoms with Crippen LogP contribution in [0.4, 0.5) is 0 Å². The first-order chi connectivity index (χ1) is 11.3. The molecule has 0 aromatic heterocycles. The molecular formula is C20H32N2OS. The summed E-state index contributed by atoms with van der Waals surface area (Å²) in [6, 6.07) is 11.1. The van der Waals surface area contributed by atoms with Crippen molar-refractivity contribution < 1.29 is 4.21 Å². The van der Waals surface area contributed by atoms with Crippen LogP contribution in [0, 0.1) is 17.8 Å². The van der Waals surface area contributed by atoms with Crippen molar-refractivity contribution in [1.29, 1.82) is 0 Å². The lowest BCUT2D eigenvalue weighted by Gasteiger charge is -2.41. The number of piperidine rings is 1. The highest BCUT2D eigenvalue weighted by Gasteiger charge is 2.44. The smallest absolute Gasteiger partial charge is 0.0972 e. The predicted molar refractivity (Wildman–Crippen MR) is 102 cm³/mol. The van der Waals surface area contributed by atoms with E-state index in [-0.39, 0.29) is 4.75 Å². The summed E-state index contributed by atoms with van der Waals surface area (Å²) in [4.78, 5) is 2.63. The minimum absolute atomic E-state index is 0.193. The summed E-state index contributed by atoms with van der Waals surface area (Å²) in [5.74, 6) is 2.15. The van der Waals surface area contributed by atoms with E-state index in [4.69, 9.17) is 0 Å². The Bertz CT molecular complexity index is 555. The van der Waals surface area contributed by atoms with Gasteiger partial charge in [0.25, 0.3) is 0 Å². The third-order valence-corrected chi connectivity index (χ3v) is 7.36. The van der Waals surface area contributed by atoms with Crippen molar-refractivity contribution in [3.8, 4) is 0 Å². The van der Waals surface area contributed by atoms with Gasteiger partial charge in [-0.25, -0.2) is 8.93 Å². The van der Waals surface area contributed by atoms with Crippen LogP contribution in [0.1, 0.15) is 46.1 Å². The molecule has 1 aliphatic heterocycles. The largest absolute Gasteiger partial charge is 0.299 e. The summed E-state index contributed by atoms with van der Waals surface area (Å²) >= 11 is 0. The van der Waals surface area contributed by atoms with Crippen molar-refractivity contribution in [2.75, 3.05) is 13.1 Å². The molecule has 3 nitrogen and oxygen atoms in total. The van der Waals surface area contributed by atoms with E-state index in [0.29, 0.717) is 12.0 Å². The van der Waals surface area contributed by atoms with E-state index in [1.54, 1.807) is 0 Å². The Morgan fingerprint density at radius 2 is 1.75 bits per heavy atom. The van der Waals surface area contributed by atoms with Gasteiger partial charge in [-0.2, -0.15) is 0 Å². The summed E-state index contributed by atoms with van der Waals surface area (Å²) in [5, 5.41) is 0. The Hall–Kier alpha value is -0.710. The molecule has 2 bridgehead atoms. The van der Waals surface area contributed by atoms with E-state index in [9.17, 15) is 4.21 Å². The average molecular weight is 349 g/mol. The van der Waals surface area contributed by atoms with Crippen LogP contribution in [0.5, 0.6) is 0 Å². The molecule has 2 aliphatic rings. The van der Waals surface area contributed by atoms with Crippen LogP contribution in [0.3, 0.4) is 0 Å². The summed E-state index contributed by atoms with van der Waals surface area (Å²) < 4.78 is 15.7. The Morgan fingerprint density at radius 1 is 1.17 bits per heavy atom. The first kappa shape index (κ1) is 18.1. The summed E-state index contributed by atoms with van der Waals surface area (Å²) in [7, 11) is -0.975. The molecule has 2 fully saturated rings. The van der Waals surface area contributed by atoms with E-state index < -0.39 is 11.0 Å². The lowest BCUT2D eigenvalue weighted by atomic mass is 9.80. The second-order valence-electron chi connectivity index (χ2n) is 8.64. The maximum Gasteiger partial charge on any atom is 0.0972 e. The minimum Gasteiger partial charge on any atom is -0.299 e. The van der Waals surface area contributed by atoms with Crippen LogP contribution in [0.2, 0.25) is 0 Å². The van der Waals surface area contributed by atoms with Crippen LogP contribution in [0.25, 0.3) is 0 Å². The van der Waals surface area contributed by atoms with Gasteiger partial charge in [0, 0.05) is 25.7 Å². The molecule has 24 heavy (non-hydrogen) atoms. The van der Waals surface area contributed by atoms with Gasteiger partial charge in [-0.15, -0.1) is 0 Å². The molecule has 4 heteroatoms. The van der Waals surface area contributed by atoms with Crippen molar-refractivity contribution in [3.05, 3.63) is 35.9 Å². The number of nitrogens with one attached hydrogen (secondary N) is 1. The molecule has 0 amide bonds. The van der Waals surface area contributed by atoms with E-state index in [1.807, 2.05) is 20.8 Å². The summed E-state index contributed by atoms with van der Waals surface area (Å²) in [6.45, 7) is 11.8. The second-order valence-corrected chi connectivity index (χ2v) is 10.6. The Balaban J connectivity index is 1.60. The summed E-state index contributed by atoms with van der Waals surface area (Å²) in [5.41, 5.74) is 1.41. The number of benzene rings is 1. The fourth-order valence-corrected chi connectivity index (χ4v) is 5.42. The fourth-order valence-electron chi connectivity index (χ4n) is 4.57. The Morgan fingerprint density at radius 3 is 2.29 bits per heavy atom. The molecule has 3 rings (SSSR count). The van der Waals surface area contributed by atoms with Gasteiger partial charge < -0.3 is 0 Å². The number of hydrogen-bond donors (Lipinski definition) is 1. The molecule has 1 heterocycles. The van der Waals surface area contributed by atoms with Crippen LogP contribution in [-0.2, 0) is 17.5 Å². The van der Waals surface area contributed by atoms with Gasteiger partial charge in [0.2, 0.25) is 0 Å². The third kappa shape index (κ3) is 4.09. The van der Waals surface area contributed by atoms with Crippen LogP contribution in [-0.4, -0.2) is 33.0 Å². The number of nitrogens with zero attached hydrogens (tertiary/aromatic N) is 1. The zero-order valence-electron chi connectivity index (χ0n) is 15.5.